The summed E-state index contributed by atoms with van der Waals surface area (Å²) >= 11 is 0. The van der Waals surface area contributed by atoms with Crippen molar-refractivity contribution in [3.05, 3.63) is 35.9 Å². The first-order valence-electron chi connectivity index (χ1n) is 7.43. The van der Waals surface area contributed by atoms with Crippen molar-refractivity contribution in [2.45, 2.75) is 38.7 Å². The lowest BCUT2D eigenvalue weighted by Gasteiger charge is -2.16. The number of nitrogens with one attached hydrogen (secondary N) is 2. The van der Waals surface area contributed by atoms with Crippen LogP contribution in [0.25, 0.3) is 0 Å². The van der Waals surface area contributed by atoms with Gasteiger partial charge in [-0.2, -0.15) is 0 Å². The van der Waals surface area contributed by atoms with Crippen molar-refractivity contribution in [3.63, 3.8) is 0 Å². The fraction of sp³-hybridized carbons (Fsp3) is 0.438. The Bertz CT molecular complexity index is 538. The molecule has 1 aliphatic rings. The fourth-order valence-corrected chi connectivity index (χ4v) is 2.37. The van der Waals surface area contributed by atoms with Crippen molar-refractivity contribution in [2.75, 3.05) is 0 Å². The maximum absolute atomic E-state index is 11.8. The third kappa shape index (κ3) is 4.31. The predicted octanol–water partition coefficient (Wildman–Crippen LogP) is 1.57. The van der Waals surface area contributed by atoms with Crippen LogP contribution in [-0.4, -0.2) is 23.9 Å². The summed E-state index contributed by atoms with van der Waals surface area (Å²) in [5.74, 6) is -1.43. The lowest BCUT2D eigenvalue weighted by atomic mass is 10.1. The van der Waals surface area contributed by atoms with Gasteiger partial charge in [0.25, 0.3) is 11.8 Å². The zero-order chi connectivity index (χ0) is 15.9. The van der Waals surface area contributed by atoms with Crippen molar-refractivity contribution >= 4 is 17.8 Å². The molecule has 2 rings (SSSR count). The minimum Gasteiger partial charge on any atom is -0.452 e. The SMILES string of the molecule is C[C@@H](OC(=O)C1CCCC1)C(=O)NNC(=O)c1ccccc1. The van der Waals surface area contributed by atoms with E-state index in [0.717, 1.165) is 25.7 Å². The second-order valence-corrected chi connectivity index (χ2v) is 5.37. The number of hydrazine groups is 1. The number of carbonyl (C=O) groups excluding carboxylic acids is 3. The smallest absolute Gasteiger partial charge is 0.309 e. The summed E-state index contributed by atoms with van der Waals surface area (Å²) in [6, 6.07) is 8.50. The van der Waals surface area contributed by atoms with E-state index in [1.165, 1.54) is 6.92 Å². The monoisotopic (exact) mass is 304 g/mol. The molecule has 1 saturated carbocycles. The molecule has 0 spiro atoms. The van der Waals surface area contributed by atoms with Crippen LogP contribution in [0.2, 0.25) is 0 Å². The summed E-state index contributed by atoms with van der Waals surface area (Å²) < 4.78 is 5.13. The fourth-order valence-electron chi connectivity index (χ4n) is 2.37. The summed E-state index contributed by atoms with van der Waals surface area (Å²) in [6.45, 7) is 1.48. The van der Waals surface area contributed by atoms with Crippen LogP contribution in [0.15, 0.2) is 30.3 Å². The van der Waals surface area contributed by atoms with E-state index in [-0.39, 0.29) is 11.9 Å². The molecule has 1 aromatic carbocycles. The molecular formula is C16H20N2O4. The Morgan fingerprint density at radius 3 is 2.36 bits per heavy atom. The Hall–Kier alpha value is -2.37. The highest BCUT2D eigenvalue weighted by molar-refractivity contribution is 5.95. The molecule has 0 aromatic heterocycles. The van der Waals surface area contributed by atoms with E-state index in [1.54, 1.807) is 30.3 Å². The van der Waals surface area contributed by atoms with Gasteiger partial charge < -0.3 is 4.74 Å². The van der Waals surface area contributed by atoms with Crippen molar-refractivity contribution < 1.29 is 19.1 Å². The third-order valence-corrected chi connectivity index (χ3v) is 3.69. The van der Waals surface area contributed by atoms with Gasteiger partial charge in [0, 0.05) is 5.56 Å². The standard InChI is InChI=1S/C16H20N2O4/c1-11(22-16(21)13-9-5-6-10-13)14(19)17-18-15(20)12-7-3-2-4-8-12/h2-4,7-8,11,13H,5-6,9-10H2,1H3,(H,17,19)(H,18,20)/t11-/m1/s1. The number of carbonyl (C=O) groups is 3. The quantitative estimate of drug-likeness (QED) is 0.653. The van der Waals surface area contributed by atoms with Gasteiger partial charge in [0.2, 0.25) is 0 Å². The van der Waals surface area contributed by atoms with Crippen LogP contribution < -0.4 is 10.9 Å². The molecule has 0 saturated heterocycles. The molecule has 2 amide bonds. The minimum atomic E-state index is -0.941. The molecule has 6 heteroatoms. The maximum atomic E-state index is 11.8. The van der Waals surface area contributed by atoms with Gasteiger partial charge in [0.05, 0.1) is 5.92 Å². The normalized spacial score (nSPS) is 15.9. The average molecular weight is 304 g/mol. The molecule has 1 aliphatic carbocycles. The van der Waals surface area contributed by atoms with Crippen LogP contribution >= 0.6 is 0 Å². The molecule has 1 atom stereocenters. The van der Waals surface area contributed by atoms with Gasteiger partial charge in [-0.05, 0) is 31.9 Å². The zero-order valence-corrected chi connectivity index (χ0v) is 12.5. The number of rotatable bonds is 4. The first-order valence-corrected chi connectivity index (χ1v) is 7.43. The molecule has 1 fully saturated rings. The molecule has 1 aromatic rings. The van der Waals surface area contributed by atoms with Gasteiger partial charge in [-0.3, -0.25) is 25.2 Å². The summed E-state index contributed by atoms with van der Waals surface area (Å²) in [7, 11) is 0. The Labute approximate surface area is 129 Å². The summed E-state index contributed by atoms with van der Waals surface area (Å²) in [5.41, 5.74) is 4.98. The lowest BCUT2D eigenvalue weighted by Crippen LogP contribution is -2.47. The number of hydrogen-bond donors (Lipinski definition) is 2. The third-order valence-electron chi connectivity index (χ3n) is 3.69. The Morgan fingerprint density at radius 2 is 1.73 bits per heavy atom. The van der Waals surface area contributed by atoms with Crippen molar-refractivity contribution in [2.24, 2.45) is 5.92 Å². The number of esters is 1. The van der Waals surface area contributed by atoms with Crippen molar-refractivity contribution in [3.8, 4) is 0 Å². The van der Waals surface area contributed by atoms with Crippen LogP contribution in [0.4, 0.5) is 0 Å². The largest absolute Gasteiger partial charge is 0.452 e. The van der Waals surface area contributed by atoms with Crippen LogP contribution in [-0.2, 0) is 14.3 Å². The van der Waals surface area contributed by atoms with E-state index in [9.17, 15) is 14.4 Å². The molecule has 2 N–H and O–H groups in total. The summed E-state index contributed by atoms with van der Waals surface area (Å²) in [6.07, 6.45) is 2.74. The van der Waals surface area contributed by atoms with Crippen LogP contribution in [0.5, 0.6) is 0 Å². The molecule has 0 unspecified atom stereocenters. The van der Waals surface area contributed by atoms with Gasteiger partial charge >= 0.3 is 5.97 Å². The number of benzene rings is 1. The molecular weight excluding hydrogens is 284 g/mol. The van der Waals surface area contributed by atoms with Crippen molar-refractivity contribution in [1.82, 2.24) is 10.9 Å². The van der Waals surface area contributed by atoms with Gasteiger partial charge in [0.15, 0.2) is 6.10 Å². The first kappa shape index (κ1) is 16.0. The molecule has 118 valence electrons. The van der Waals surface area contributed by atoms with Gasteiger partial charge in [-0.1, -0.05) is 31.0 Å². The number of amides is 2. The number of hydrogen-bond acceptors (Lipinski definition) is 4. The zero-order valence-electron chi connectivity index (χ0n) is 12.5. The molecule has 0 bridgehead atoms. The molecule has 0 aliphatic heterocycles. The highest BCUT2D eigenvalue weighted by Gasteiger charge is 2.27. The average Bonchev–Trinajstić information content (AvgIpc) is 3.07. The van der Waals surface area contributed by atoms with Gasteiger partial charge in [0.1, 0.15) is 0 Å². The Balaban J connectivity index is 1.76. The minimum absolute atomic E-state index is 0.103. The van der Waals surface area contributed by atoms with E-state index in [0.29, 0.717) is 5.56 Å². The van der Waals surface area contributed by atoms with Crippen LogP contribution in [0, 0.1) is 5.92 Å². The van der Waals surface area contributed by atoms with Gasteiger partial charge in [-0.25, -0.2) is 0 Å². The highest BCUT2D eigenvalue weighted by atomic mass is 16.5. The number of ether oxygens (including phenoxy) is 1. The Kier molecular flexibility index (Phi) is 5.52. The van der Waals surface area contributed by atoms with E-state index >= 15 is 0 Å². The second-order valence-electron chi connectivity index (χ2n) is 5.37. The molecule has 6 nitrogen and oxygen atoms in total. The van der Waals surface area contributed by atoms with E-state index < -0.39 is 17.9 Å². The Morgan fingerprint density at radius 1 is 1.09 bits per heavy atom. The van der Waals surface area contributed by atoms with E-state index in [4.69, 9.17) is 4.74 Å². The molecule has 0 radical (unpaired) electrons. The highest BCUT2D eigenvalue weighted by Crippen LogP contribution is 2.26. The van der Waals surface area contributed by atoms with Gasteiger partial charge in [-0.15, -0.1) is 0 Å². The second kappa shape index (κ2) is 7.59. The summed E-state index contributed by atoms with van der Waals surface area (Å²) in [5, 5.41) is 0. The van der Waals surface area contributed by atoms with Crippen LogP contribution in [0.3, 0.4) is 0 Å². The summed E-state index contributed by atoms with van der Waals surface area (Å²) in [4.78, 5) is 35.4. The molecule has 22 heavy (non-hydrogen) atoms. The van der Waals surface area contributed by atoms with E-state index in [2.05, 4.69) is 10.9 Å². The topological polar surface area (TPSA) is 84.5 Å². The van der Waals surface area contributed by atoms with Crippen molar-refractivity contribution in [1.29, 1.82) is 0 Å². The van der Waals surface area contributed by atoms with E-state index in [1.807, 2.05) is 0 Å². The van der Waals surface area contributed by atoms with Crippen LogP contribution in [0.1, 0.15) is 43.0 Å². The predicted molar refractivity (Wildman–Crippen MR) is 79.6 cm³/mol. The lowest BCUT2D eigenvalue weighted by molar-refractivity contribution is -0.158. The molecule has 0 heterocycles. The first-order chi connectivity index (χ1) is 10.6. The maximum Gasteiger partial charge on any atom is 0.309 e.